The fourth-order valence-corrected chi connectivity index (χ4v) is 3.59. The number of hydrogen-bond donors (Lipinski definition) is 0. The van der Waals surface area contributed by atoms with Crippen LogP contribution in [0.5, 0.6) is 0 Å². The van der Waals surface area contributed by atoms with Crippen molar-refractivity contribution in [2.45, 2.75) is 18.8 Å². The molecule has 134 valence electrons. The van der Waals surface area contributed by atoms with E-state index in [0.717, 1.165) is 42.1 Å². The first-order valence-electron chi connectivity index (χ1n) is 8.93. The lowest BCUT2D eigenvalue weighted by atomic mass is 10.1. The van der Waals surface area contributed by atoms with E-state index in [0.29, 0.717) is 6.42 Å². The molecule has 0 aromatic carbocycles. The monoisotopic (exact) mass is 349 g/mol. The zero-order chi connectivity index (χ0) is 18.1. The first-order valence-corrected chi connectivity index (χ1v) is 8.93. The second-order valence-electron chi connectivity index (χ2n) is 7.05. The van der Waals surface area contributed by atoms with E-state index in [1.54, 1.807) is 12.4 Å². The molecule has 6 nitrogen and oxygen atoms in total. The summed E-state index contributed by atoms with van der Waals surface area (Å²) in [4.78, 5) is 25.6. The highest BCUT2D eigenvalue weighted by atomic mass is 16.2. The summed E-state index contributed by atoms with van der Waals surface area (Å²) in [6, 6.07) is 7.92. The molecule has 0 radical (unpaired) electrons. The number of carbonyl (C=O) groups is 1. The van der Waals surface area contributed by atoms with Crippen LogP contribution in [0.1, 0.15) is 23.6 Å². The summed E-state index contributed by atoms with van der Waals surface area (Å²) >= 11 is 0. The number of pyridine rings is 1. The summed E-state index contributed by atoms with van der Waals surface area (Å²) in [5.41, 5.74) is 3.11. The standard InChI is InChI=1S/C20H23N5O/c1-23(2)20-18-6-4-9-24(18)14-17(22-20)16-7-10-25(13-16)19(26)11-15-5-3-8-21-12-15/h3-6,8-9,12,14,16H,7,10-11,13H2,1-2H3/t16-/m1/s1. The highest BCUT2D eigenvalue weighted by molar-refractivity contribution is 5.79. The van der Waals surface area contributed by atoms with Gasteiger partial charge in [0.1, 0.15) is 0 Å². The van der Waals surface area contributed by atoms with Crippen LogP contribution in [0.15, 0.2) is 49.1 Å². The number of anilines is 1. The molecule has 0 saturated carbocycles. The third-order valence-corrected chi connectivity index (χ3v) is 4.98. The molecule has 6 heteroatoms. The lowest BCUT2D eigenvalue weighted by Crippen LogP contribution is -2.30. The van der Waals surface area contributed by atoms with Crippen LogP contribution in [0.2, 0.25) is 0 Å². The number of fused-ring (bicyclic) bond motifs is 1. The molecule has 0 spiro atoms. The Balaban J connectivity index is 1.52. The van der Waals surface area contributed by atoms with E-state index >= 15 is 0 Å². The lowest BCUT2D eigenvalue weighted by molar-refractivity contribution is -0.129. The molecule has 0 bridgehead atoms. The van der Waals surface area contributed by atoms with Crippen LogP contribution in [0.3, 0.4) is 0 Å². The van der Waals surface area contributed by atoms with Crippen molar-refractivity contribution < 1.29 is 4.79 Å². The number of aromatic nitrogens is 3. The zero-order valence-corrected chi connectivity index (χ0v) is 15.2. The van der Waals surface area contributed by atoms with Gasteiger partial charge in [0, 0.05) is 57.9 Å². The van der Waals surface area contributed by atoms with Gasteiger partial charge in [-0.2, -0.15) is 0 Å². The van der Waals surface area contributed by atoms with E-state index in [4.69, 9.17) is 4.98 Å². The molecule has 26 heavy (non-hydrogen) atoms. The highest BCUT2D eigenvalue weighted by Gasteiger charge is 2.29. The van der Waals surface area contributed by atoms with Gasteiger partial charge in [0.15, 0.2) is 5.82 Å². The number of hydrogen-bond acceptors (Lipinski definition) is 4. The van der Waals surface area contributed by atoms with E-state index < -0.39 is 0 Å². The molecule has 1 saturated heterocycles. The average Bonchev–Trinajstić information content (AvgIpc) is 3.31. The Morgan fingerprint density at radius 2 is 2.19 bits per heavy atom. The average molecular weight is 349 g/mol. The van der Waals surface area contributed by atoms with Crippen molar-refractivity contribution in [3.63, 3.8) is 0 Å². The molecule has 1 fully saturated rings. The minimum absolute atomic E-state index is 0.162. The van der Waals surface area contributed by atoms with Crippen molar-refractivity contribution >= 4 is 17.2 Å². The molecule has 0 unspecified atom stereocenters. The Labute approximate surface area is 153 Å². The van der Waals surface area contributed by atoms with Gasteiger partial charge in [-0.3, -0.25) is 9.78 Å². The van der Waals surface area contributed by atoms with Crippen molar-refractivity contribution in [3.05, 3.63) is 60.3 Å². The summed E-state index contributed by atoms with van der Waals surface area (Å²) in [5.74, 6) is 1.40. The minimum Gasteiger partial charge on any atom is -0.361 e. The molecule has 1 aliphatic rings. The smallest absolute Gasteiger partial charge is 0.227 e. The van der Waals surface area contributed by atoms with Crippen molar-refractivity contribution in [2.75, 3.05) is 32.1 Å². The predicted octanol–water partition coefficient (Wildman–Crippen LogP) is 2.35. The topological polar surface area (TPSA) is 53.7 Å². The Morgan fingerprint density at radius 1 is 1.31 bits per heavy atom. The SMILES string of the molecule is CN(C)c1nc([C@@H]2CCN(C(=O)Cc3cccnc3)C2)cn2cccc12. The normalized spacial score (nSPS) is 17.0. The van der Waals surface area contributed by atoms with Gasteiger partial charge in [-0.15, -0.1) is 0 Å². The maximum absolute atomic E-state index is 12.6. The lowest BCUT2D eigenvalue weighted by Gasteiger charge is -2.19. The molecule has 1 atom stereocenters. The molecule has 1 aliphatic heterocycles. The largest absolute Gasteiger partial charge is 0.361 e. The summed E-state index contributed by atoms with van der Waals surface area (Å²) in [7, 11) is 4.02. The Kier molecular flexibility index (Phi) is 4.32. The Morgan fingerprint density at radius 3 is 2.96 bits per heavy atom. The molecule has 4 heterocycles. The minimum atomic E-state index is 0.162. The molecule has 3 aromatic rings. The first-order chi connectivity index (χ1) is 12.6. The molecular formula is C20H23N5O. The van der Waals surface area contributed by atoms with Gasteiger partial charge in [0.05, 0.1) is 17.6 Å². The van der Waals surface area contributed by atoms with Crippen LogP contribution >= 0.6 is 0 Å². The quantitative estimate of drug-likeness (QED) is 0.726. The number of nitrogens with zero attached hydrogens (tertiary/aromatic N) is 5. The summed E-state index contributed by atoms with van der Waals surface area (Å²) < 4.78 is 2.12. The Bertz CT molecular complexity index is 918. The van der Waals surface area contributed by atoms with Crippen LogP contribution in [0.4, 0.5) is 5.82 Å². The van der Waals surface area contributed by atoms with E-state index in [1.807, 2.05) is 48.3 Å². The first kappa shape index (κ1) is 16.6. The van der Waals surface area contributed by atoms with Gasteiger partial charge in [0.2, 0.25) is 5.91 Å². The van der Waals surface area contributed by atoms with Gasteiger partial charge in [0.25, 0.3) is 0 Å². The van der Waals surface area contributed by atoms with Gasteiger partial charge < -0.3 is 14.2 Å². The van der Waals surface area contributed by atoms with Crippen molar-refractivity contribution in [3.8, 4) is 0 Å². The summed E-state index contributed by atoms with van der Waals surface area (Å²) in [5, 5.41) is 0. The van der Waals surface area contributed by atoms with Crippen LogP contribution in [0, 0.1) is 0 Å². The summed E-state index contributed by atoms with van der Waals surface area (Å²) in [6.45, 7) is 1.51. The maximum atomic E-state index is 12.6. The third kappa shape index (κ3) is 3.14. The van der Waals surface area contributed by atoms with Gasteiger partial charge in [-0.25, -0.2) is 4.98 Å². The summed E-state index contributed by atoms with van der Waals surface area (Å²) in [6.07, 6.45) is 9.00. The second-order valence-corrected chi connectivity index (χ2v) is 7.05. The Hall–Kier alpha value is -2.89. The van der Waals surface area contributed by atoms with Crippen molar-refractivity contribution in [1.29, 1.82) is 0 Å². The van der Waals surface area contributed by atoms with Crippen molar-refractivity contribution in [2.24, 2.45) is 0 Å². The number of likely N-dealkylation sites (tertiary alicyclic amines) is 1. The zero-order valence-electron chi connectivity index (χ0n) is 15.2. The van der Waals surface area contributed by atoms with Crippen LogP contribution in [0.25, 0.3) is 5.52 Å². The van der Waals surface area contributed by atoms with Gasteiger partial charge >= 0.3 is 0 Å². The fraction of sp³-hybridized carbons (Fsp3) is 0.350. The third-order valence-electron chi connectivity index (χ3n) is 4.98. The number of amides is 1. The molecule has 1 amide bonds. The van der Waals surface area contributed by atoms with E-state index in [2.05, 4.69) is 21.6 Å². The molecule has 0 aliphatic carbocycles. The van der Waals surface area contributed by atoms with E-state index in [1.165, 1.54) is 0 Å². The highest BCUT2D eigenvalue weighted by Crippen LogP contribution is 2.29. The fourth-order valence-electron chi connectivity index (χ4n) is 3.59. The number of carbonyl (C=O) groups excluding carboxylic acids is 1. The maximum Gasteiger partial charge on any atom is 0.227 e. The van der Waals surface area contributed by atoms with Gasteiger partial charge in [-0.05, 0) is 30.2 Å². The molecule has 0 N–H and O–H groups in total. The molecule has 3 aromatic heterocycles. The van der Waals surface area contributed by atoms with E-state index in [9.17, 15) is 4.79 Å². The molecule has 4 rings (SSSR count). The second kappa shape index (κ2) is 6.78. The van der Waals surface area contributed by atoms with Gasteiger partial charge in [-0.1, -0.05) is 6.07 Å². The predicted molar refractivity (Wildman–Crippen MR) is 101 cm³/mol. The van der Waals surface area contributed by atoms with Crippen LogP contribution in [-0.2, 0) is 11.2 Å². The van der Waals surface area contributed by atoms with Crippen molar-refractivity contribution in [1.82, 2.24) is 19.3 Å². The van der Waals surface area contributed by atoms with Crippen LogP contribution in [-0.4, -0.2) is 52.4 Å². The van der Waals surface area contributed by atoms with E-state index in [-0.39, 0.29) is 11.8 Å². The van der Waals surface area contributed by atoms with Crippen LogP contribution < -0.4 is 4.90 Å². The number of rotatable bonds is 4. The molecular weight excluding hydrogens is 326 g/mol.